The smallest absolute Gasteiger partial charge is 0.198 e. The molecule has 0 spiro atoms. The number of imidazole rings is 1. The van der Waals surface area contributed by atoms with E-state index in [1.165, 1.54) is 6.33 Å². The van der Waals surface area contributed by atoms with E-state index in [0.29, 0.717) is 5.95 Å². The Morgan fingerprint density at radius 1 is 1.18 bits per heavy atom. The maximum Gasteiger partial charge on any atom is 0.198 e. The predicted octanol–water partition coefficient (Wildman–Crippen LogP) is 2.07. The number of rotatable bonds is 2. The molecule has 0 atom stereocenters. The van der Waals surface area contributed by atoms with E-state index in [1.54, 1.807) is 4.52 Å². The van der Waals surface area contributed by atoms with Gasteiger partial charge in [0, 0.05) is 17.5 Å². The Balaban J connectivity index is 1.91. The van der Waals surface area contributed by atoms with E-state index < -0.39 is 0 Å². The lowest BCUT2D eigenvalue weighted by molar-refractivity contribution is 0.961. The summed E-state index contributed by atoms with van der Waals surface area (Å²) < 4.78 is 1.70. The molecule has 4 aromatic heterocycles. The first-order chi connectivity index (χ1) is 10.7. The Labute approximate surface area is 125 Å². The van der Waals surface area contributed by atoms with Crippen LogP contribution in [0, 0.1) is 6.92 Å². The summed E-state index contributed by atoms with van der Waals surface area (Å²) in [5.74, 6) is 0.356. The number of pyridine rings is 2. The molecule has 0 bridgehead atoms. The predicted molar refractivity (Wildman–Crippen MR) is 82.9 cm³/mol. The van der Waals surface area contributed by atoms with Gasteiger partial charge in [0.15, 0.2) is 11.6 Å². The highest BCUT2D eigenvalue weighted by Crippen LogP contribution is 2.30. The molecule has 0 radical (unpaired) electrons. The van der Waals surface area contributed by atoms with E-state index in [4.69, 9.17) is 5.73 Å². The van der Waals surface area contributed by atoms with Crippen molar-refractivity contribution in [2.45, 2.75) is 6.92 Å². The third-order valence-electron chi connectivity index (χ3n) is 3.42. The van der Waals surface area contributed by atoms with Gasteiger partial charge in [-0.1, -0.05) is 6.07 Å². The van der Waals surface area contributed by atoms with Crippen molar-refractivity contribution in [2.24, 2.45) is 0 Å². The summed E-state index contributed by atoms with van der Waals surface area (Å²) in [4.78, 5) is 16.2. The van der Waals surface area contributed by atoms with Crippen LogP contribution in [0.1, 0.15) is 5.69 Å². The zero-order valence-electron chi connectivity index (χ0n) is 11.9. The van der Waals surface area contributed by atoms with Crippen LogP contribution in [0.5, 0.6) is 0 Å². The minimum atomic E-state index is 0.356. The fourth-order valence-electron chi connectivity index (χ4n) is 2.43. The molecular weight excluding hydrogens is 278 g/mol. The number of aromatic amines is 1. The van der Waals surface area contributed by atoms with Gasteiger partial charge < -0.3 is 10.7 Å². The SMILES string of the molecule is Cc1cccc(-c2[nH]c(N)nc2-c2ccn3ncnc3c2)n1. The van der Waals surface area contributed by atoms with Gasteiger partial charge >= 0.3 is 0 Å². The van der Waals surface area contributed by atoms with Crippen molar-refractivity contribution in [3.8, 4) is 22.6 Å². The lowest BCUT2D eigenvalue weighted by Crippen LogP contribution is -1.91. The first kappa shape index (κ1) is 12.5. The molecule has 4 heterocycles. The lowest BCUT2D eigenvalue weighted by atomic mass is 10.1. The van der Waals surface area contributed by atoms with Gasteiger partial charge in [-0.15, -0.1) is 0 Å². The molecule has 0 aliphatic heterocycles. The second-order valence-electron chi connectivity index (χ2n) is 4.99. The summed E-state index contributed by atoms with van der Waals surface area (Å²) in [6, 6.07) is 9.68. The van der Waals surface area contributed by atoms with Gasteiger partial charge in [-0.25, -0.2) is 14.5 Å². The van der Waals surface area contributed by atoms with E-state index >= 15 is 0 Å². The summed E-state index contributed by atoms with van der Waals surface area (Å²) in [7, 11) is 0. The number of hydrogen-bond donors (Lipinski definition) is 2. The van der Waals surface area contributed by atoms with Gasteiger partial charge in [0.1, 0.15) is 12.0 Å². The largest absolute Gasteiger partial charge is 0.369 e. The van der Waals surface area contributed by atoms with Crippen molar-refractivity contribution in [2.75, 3.05) is 5.73 Å². The van der Waals surface area contributed by atoms with E-state index in [1.807, 2.05) is 43.5 Å². The van der Waals surface area contributed by atoms with Gasteiger partial charge in [-0.2, -0.15) is 5.10 Å². The minimum absolute atomic E-state index is 0.356. The number of nitrogens with one attached hydrogen (secondary N) is 1. The number of nitrogens with two attached hydrogens (primary N) is 1. The highest BCUT2D eigenvalue weighted by molar-refractivity contribution is 5.79. The van der Waals surface area contributed by atoms with Crippen LogP contribution in [0.2, 0.25) is 0 Å². The Morgan fingerprint density at radius 3 is 2.95 bits per heavy atom. The van der Waals surface area contributed by atoms with Crippen molar-refractivity contribution in [3.05, 3.63) is 48.5 Å². The first-order valence-electron chi connectivity index (χ1n) is 6.80. The first-order valence-corrected chi connectivity index (χ1v) is 6.80. The molecule has 0 unspecified atom stereocenters. The fraction of sp³-hybridized carbons (Fsp3) is 0.0667. The molecule has 0 saturated carbocycles. The lowest BCUT2D eigenvalue weighted by Gasteiger charge is -2.03. The third kappa shape index (κ3) is 1.99. The molecule has 108 valence electrons. The quantitative estimate of drug-likeness (QED) is 0.589. The molecule has 0 aliphatic carbocycles. The van der Waals surface area contributed by atoms with Crippen molar-refractivity contribution < 1.29 is 0 Å². The number of fused-ring (bicyclic) bond motifs is 1. The number of anilines is 1. The molecule has 0 saturated heterocycles. The minimum Gasteiger partial charge on any atom is -0.369 e. The summed E-state index contributed by atoms with van der Waals surface area (Å²) in [6.07, 6.45) is 3.36. The standard InChI is InChI=1S/C15H13N7/c1-9-3-2-4-11(19-9)14-13(20-15(16)21-14)10-5-6-22-12(7-10)17-8-18-22/h2-8H,1H3,(H3,16,20,21). The van der Waals surface area contributed by atoms with Crippen molar-refractivity contribution in [1.82, 2.24) is 29.5 Å². The Bertz CT molecular complexity index is 967. The number of aryl methyl sites for hydroxylation is 1. The summed E-state index contributed by atoms with van der Waals surface area (Å²) in [6.45, 7) is 1.95. The zero-order chi connectivity index (χ0) is 15.1. The van der Waals surface area contributed by atoms with Crippen molar-refractivity contribution >= 4 is 11.6 Å². The highest BCUT2D eigenvalue weighted by Gasteiger charge is 2.15. The van der Waals surface area contributed by atoms with Crippen LogP contribution in [0.25, 0.3) is 28.3 Å². The summed E-state index contributed by atoms with van der Waals surface area (Å²) in [5, 5.41) is 4.09. The molecule has 4 rings (SSSR count). The maximum atomic E-state index is 5.86. The van der Waals surface area contributed by atoms with Gasteiger partial charge in [-0.05, 0) is 31.2 Å². The second-order valence-corrected chi connectivity index (χ2v) is 4.99. The van der Waals surface area contributed by atoms with Crippen LogP contribution in [0.3, 0.4) is 0 Å². The number of nitrogens with zero attached hydrogens (tertiary/aromatic N) is 5. The fourth-order valence-corrected chi connectivity index (χ4v) is 2.43. The Hall–Kier alpha value is -3.22. The van der Waals surface area contributed by atoms with Crippen LogP contribution in [-0.4, -0.2) is 29.5 Å². The molecule has 4 aromatic rings. The Morgan fingerprint density at radius 2 is 2.09 bits per heavy atom. The average Bonchev–Trinajstić information content (AvgIpc) is 3.12. The van der Waals surface area contributed by atoms with Gasteiger partial charge in [0.2, 0.25) is 0 Å². The summed E-state index contributed by atoms with van der Waals surface area (Å²) >= 11 is 0. The normalized spacial score (nSPS) is 11.1. The van der Waals surface area contributed by atoms with Gasteiger partial charge in [0.25, 0.3) is 0 Å². The van der Waals surface area contributed by atoms with Gasteiger partial charge in [0.05, 0.1) is 11.4 Å². The number of hydrogen-bond acceptors (Lipinski definition) is 5. The zero-order valence-corrected chi connectivity index (χ0v) is 11.9. The molecule has 0 amide bonds. The van der Waals surface area contributed by atoms with Crippen LogP contribution in [0.15, 0.2) is 42.9 Å². The van der Waals surface area contributed by atoms with Gasteiger partial charge in [-0.3, -0.25) is 4.98 Å². The Kier molecular flexibility index (Phi) is 2.65. The van der Waals surface area contributed by atoms with E-state index in [2.05, 4.69) is 25.0 Å². The highest BCUT2D eigenvalue weighted by atomic mass is 15.3. The van der Waals surface area contributed by atoms with Crippen LogP contribution in [-0.2, 0) is 0 Å². The van der Waals surface area contributed by atoms with Crippen molar-refractivity contribution in [1.29, 1.82) is 0 Å². The van der Waals surface area contributed by atoms with E-state index in [9.17, 15) is 0 Å². The number of H-pyrrole nitrogens is 1. The monoisotopic (exact) mass is 291 g/mol. The molecule has 7 nitrogen and oxygen atoms in total. The maximum absolute atomic E-state index is 5.86. The van der Waals surface area contributed by atoms with Crippen LogP contribution < -0.4 is 5.73 Å². The molecule has 7 heteroatoms. The molecular formula is C15H13N7. The molecule has 3 N–H and O–H groups in total. The van der Waals surface area contributed by atoms with E-state index in [0.717, 1.165) is 34.0 Å². The molecule has 22 heavy (non-hydrogen) atoms. The average molecular weight is 291 g/mol. The molecule has 0 aliphatic rings. The van der Waals surface area contributed by atoms with E-state index in [-0.39, 0.29) is 0 Å². The molecule has 0 aromatic carbocycles. The number of nitrogen functional groups attached to an aromatic ring is 1. The van der Waals surface area contributed by atoms with Crippen LogP contribution >= 0.6 is 0 Å². The van der Waals surface area contributed by atoms with Crippen molar-refractivity contribution in [3.63, 3.8) is 0 Å². The molecule has 0 fully saturated rings. The third-order valence-corrected chi connectivity index (χ3v) is 3.42. The second kappa shape index (κ2) is 4.66. The number of aromatic nitrogens is 6. The summed E-state index contributed by atoms with van der Waals surface area (Å²) in [5.41, 5.74) is 10.8. The topological polar surface area (TPSA) is 97.8 Å². The van der Waals surface area contributed by atoms with Crippen LogP contribution in [0.4, 0.5) is 5.95 Å².